The van der Waals surface area contributed by atoms with Crippen LogP contribution in [0.1, 0.15) is 51.5 Å². The summed E-state index contributed by atoms with van der Waals surface area (Å²) in [5.41, 5.74) is -1.76. The van der Waals surface area contributed by atoms with Gasteiger partial charge in [0.25, 0.3) is 0 Å². The highest BCUT2D eigenvalue weighted by atomic mass is 16.6. The van der Waals surface area contributed by atoms with E-state index >= 15 is 0 Å². The summed E-state index contributed by atoms with van der Waals surface area (Å²) in [4.78, 5) is 39.0. The molecule has 2 heterocycles. The van der Waals surface area contributed by atoms with Gasteiger partial charge < -0.3 is 14.4 Å². The Morgan fingerprint density at radius 2 is 1.89 bits per heavy atom. The number of amides is 1. The maximum atomic E-state index is 13.2. The maximum absolute atomic E-state index is 13.2. The lowest BCUT2D eigenvalue weighted by atomic mass is 9.71. The lowest BCUT2D eigenvalue weighted by Gasteiger charge is -2.50. The fourth-order valence-corrected chi connectivity index (χ4v) is 4.34. The van der Waals surface area contributed by atoms with Gasteiger partial charge in [-0.25, -0.2) is 4.79 Å². The predicted octanol–water partition coefficient (Wildman–Crippen LogP) is 2.88. The third-order valence-corrected chi connectivity index (χ3v) is 6.04. The van der Waals surface area contributed by atoms with Crippen LogP contribution in [0, 0.1) is 5.92 Å². The molecular weight excluding hydrogens is 346 g/mol. The molecule has 0 saturated carbocycles. The molecule has 0 bridgehead atoms. The molecular formula is C21H27NO5. The van der Waals surface area contributed by atoms with Crippen LogP contribution in [0.5, 0.6) is 5.75 Å². The van der Waals surface area contributed by atoms with Crippen molar-refractivity contribution in [3.05, 3.63) is 29.8 Å². The highest BCUT2D eigenvalue weighted by Crippen LogP contribution is 2.54. The van der Waals surface area contributed by atoms with E-state index in [9.17, 15) is 14.4 Å². The largest absolute Gasteiger partial charge is 0.497 e. The Morgan fingerprint density at radius 1 is 1.19 bits per heavy atom. The van der Waals surface area contributed by atoms with Gasteiger partial charge in [-0.15, -0.1) is 0 Å². The van der Waals surface area contributed by atoms with E-state index in [0.717, 1.165) is 31.2 Å². The predicted molar refractivity (Wildman–Crippen MR) is 99.1 cm³/mol. The van der Waals surface area contributed by atoms with Gasteiger partial charge >= 0.3 is 5.97 Å². The molecule has 6 nitrogen and oxygen atoms in total. The Bertz CT molecular complexity index is 731. The molecule has 2 saturated heterocycles. The van der Waals surface area contributed by atoms with Crippen molar-refractivity contribution >= 4 is 18.2 Å². The monoisotopic (exact) mass is 373 g/mol. The van der Waals surface area contributed by atoms with E-state index in [1.807, 2.05) is 12.1 Å². The molecule has 0 radical (unpaired) electrons. The third-order valence-electron chi connectivity index (χ3n) is 6.04. The first-order valence-electron chi connectivity index (χ1n) is 9.58. The molecule has 2 unspecified atom stereocenters. The summed E-state index contributed by atoms with van der Waals surface area (Å²) in [5.74, 6) is -0.575. The zero-order chi connectivity index (χ0) is 19.7. The quantitative estimate of drug-likeness (QED) is 0.288. The number of aldehydes is 1. The van der Waals surface area contributed by atoms with E-state index in [-0.39, 0.29) is 12.5 Å². The van der Waals surface area contributed by atoms with Crippen molar-refractivity contribution in [2.45, 2.75) is 63.6 Å². The zero-order valence-corrected chi connectivity index (χ0v) is 16.2. The standard InChI is InChI=1S/C21H27NO5/c1-4-5-6-7-8-17-18(24)22(13-15-9-11-16(26-3)12-10-15)21(14-23)19(25)27-20(17,21)2/h9-12,14,17H,4-8,13H2,1-3H3/t17-,20?,21?/m1/s1. The van der Waals surface area contributed by atoms with Crippen LogP contribution < -0.4 is 4.74 Å². The van der Waals surface area contributed by atoms with Gasteiger partial charge in [-0.1, -0.05) is 44.7 Å². The highest BCUT2D eigenvalue weighted by molar-refractivity contribution is 6.12. The number of esters is 1. The minimum atomic E-state index is -1.51. The van der Waals surface area contributed by atoms with Gasteiger partial charge in [0.2, 0.25) is 11.4 Å². The molecule has 0 aromatic heterocycles. The van der Waals surface area contributed by atoms with Crippen LogP contribution in [-0.4, -0.2) is 41.3 Å². The van der Waals surface area contributed by atoms with E-state index in [2.05, 4.69) is 6.92 Å². The lowest BCUT2D eigenvalue weighted by molar-refractivity contribution is -0.226. The van der Waals surface area contributed by atoms with Crippen LogP contribution in [0.25, 0.3) is 0 Å². The number of hydrogen-bond acceptors (Lipinski definition) is 5. The molecule has 1 aromatic rings. The summed E-state index contributed by atoms with van der Waals surface area (Å²) in [7, 11) is 1.58. The van der Waals surface area contributed by atoms with E-state index in [1.54, 1.807) is 26.2 Å². The number of carbonyl (C=O) groups is 3. The van der Waals surface area contributed by atoms with Crippen LogP contribution in [0.2, 0.25) is 0 Å². The summed E-state index contributed by atoms with van der Waals surface area (Å²) < 4.78 is 10.6. The van der Waals surface area contributed by atoms with E-state index in [4.69, 9.17) is 9.47 Å². The molecule has 6 heteroatoms. The van der Waals surface area contributed by atoms with Crippen LogP contribution in [0.15, 0.2) is 24.3 Å². The van der Waals surface area contributed by atoms with Crippen LogP contribution in [0.3, 0.4) is 0 Å². The van der Waals surface area contributed by atoms with Gasteiger partial charge in [0.15, 0.2) is 11.9 Å². The number of hydrogen-bond donors (Lipinski definition) is 0. The fraction of sp³-hybridized carbons (Fsp3) is 0.571. The van der Waals surface area contributed by atoms with Crippen molar-refractivity contribution in [1.82, 2.24) is 4.90 Å². The Hall–Kier alpha value is -2.37. The first kappa shape index (κ1) is 19.4. The average molecular weight is 373 g/mol. The summed E-state index contributed by atoms with van der Waals surface area (Å²) in [6, 6.07) is 7.26. The molecule has 2 fully saturated rings. The van der Waals surface area contributed by atoms with Crippen LogP contribution >= 0.6 is 0 Å². The minimum Gasteiger partial charge on any atom is -0.497 e. The Labute approximate surface area is 159 Å². The van der Waals surface area contributed by atoms with Crippen LogP contribution in [0.4, 0.5) is 0 Å². The molecule has 3 rings (SSSR count). The molecule has 2 aliphatic heterocycles. The van der Waals surface area contributed by atoms with Gasteiger partial charge in [-0.3, -0.25) is 9.59 Å². The number of methoxy groups -OCH3 is 1. The number of ether oxygens (including phenoxy) is 2. The molecule has 27 heavy (non-hydrogen) atoms. The normalized spacial score (nSPS) is 29.1. The van der Waals surface area contributed by atoms with E-state index in [0.29, 0.717) is 18.5 Å². The number of nitrogens with zero attached hydrogens (tertiary/aromatic N) is 1. The zero-order valence-electron chi connectivity index (χ0n) is 16.2. The van der Waals surface area contributed by atoms with Gasteiger partial charge in [0.1, 0.15) is 5.75 Å². The number of likely N-dealkylation sites (tertiary alicyclic amines) is 1. The molecule has 0 N–H and O–H groups in total. The maximum Gasteiger partial charge on any atom is 0.344 e. The summed E-state index contributed by atoms with van der Waals surface area (Å²) in [6.45, 7) is 4.04. The van der Waals surface area contributed by atoms with Crippen molar-refractivity contribution in [2.75, 3.05) is 7.11 Å². The molecule has 1 aromatic carbocycles. The summed E-state index contributed by atoms with van der Waals surface area (Å²) in [5, 5.41) is 0. The molecule has 0 spiro atoms. The van der Waals surface area contributed by atoms with Gasteiger partial charge in [0, 0.05) is 6.54 Å². The first-order chi connectivity index (χ1) is 12.9. The average Bonchev–Trinajstić information content (AvgIpc) is 2.80. The SMILES string of the molecule is CCCCCC[C@@H]1C(=O)N(Cc2ccc(OC)cc2)C2(C=O)C(=O)OC12C. The molecule has 3 atom stereocenters. The lowest BCUT2D eigenvalue weighted by Crippen LogP contribution is -2.75. The smallest absolute Gasteiger partial charge is 0.344 e. The van der Waals surface area contributed by atoms with E-state index in [1.165, 1.54) is 4.90 Å². The molecule has 0 aliphatic carbocycles. The number of benzene rings is 1. The van der Waals surface area contributed by atoms with Crippen molar-refractivity contribution in [3.8, 4) is 5.75 Å². The number of unbranched alkanes of at least 4 members (excludes halogenated alkanes) is 3. The van der Waals surface area contributed by atoms with Crippen molar-refractivity contribution in [2.24, 2.45) is 5.92 Å². The summed E-state index contributed by atoms with van der Waals surface area (Å²) in [6.07, 6.45) is 5.34. The molecule has 146 valence electrons. The van der Waals surface area contributed by atoms with Gasteiger partial charge in [-0.2, -0.15) is 0 Å². The minimum absolute atomic E-state index is 0.178. The highest BCUT2D eigenvalue weighted by Gasteiger charge is 2.79. The number of fused-ring (bicyclic) bond motifs is 1. The number of carbonyl (C=O) groups excluding carboxylic acids is 3. The summed E-state index contributed by atoms with van der Waals surface area (Å²) >= 11 is 0. The van der Waals surface area contributed by atoms with Crippen LogP contribution in [-0.2, 0) is 25.7 Å². The molecule has 2 aliphatic rings. The van der Waals surface area contributed by atoms with Gasteiger partial charge in [-0.05, 0) is 31.0 Å². The van der Waals surface area contributed by atoms with Crippen molar-refractivity contribution in [3.63, 3.8) is 0 Å². The number of rotatable bonds is 9. The Kier molecular flexibility index (Phi) is 5.27. The first-order valence-corrected chi connectivity index (χ1v) is 9.58. The molecule has 1 amide bonds. The second-order valence-electron chi connectivity index (χ2n) is 7.56. The van der Waals surface area contributed by atoms with Gasteiger partial charge in [0.05, 0.1) is 13.0 Å². The van der Waals surface area contributed by atoms with Crippen molar-refractivity contribution in [1.29, 1.82) is 0 Å². The second-order valence-corrected chi connectivity index (χ2v) is 7.56. The topological polar surface area (TPSA) is 72.9 Å². The Morgan fingerprint density at radius 3 is 2.44 bits per heavy atom. The van der Waals surface area contributed by atoms with E-state index < -0.39 is 23.0 Å². The second kappa shape index (κ2) is 7.33. The van der Waals surface area contributed by atoms with Crippen molar-refractivity contribution < 1.29 is 23.9 Å². The Balaban J connectivity index is 1.86. The fourth-order valence-electron chi connectivity index (χ4n) is 4.34. The third kappa shape index (κ3) is 2.82.